The van der Waals surface area contributed by atoms with Gasteiger partial charge in [0.25, 0.3) is 0 Å². The van der Waals surface area contributed by atoms with E-state index in [0.29, 0.717) is 28.6 Å². The van der Waals surface area contributed by atoms with Gasteiger partial charge in [0.05, 0.1) is 19.8 Å². The molecular formula is C24H25NO9. The molecule has 3 atom stereocenters. The molecule has 0 spiro atoms. The van der Waals surface area contributed by atoms with Crippen LogP contribution in [0.4, 0.5) is 4.79 Å². The number of hydrogen-bond acceptors (Lipinski definition) is 9. The number of rotatable bonds is 6. The van der Waals surface area contributed by atoms with E-state index in [9.17, 15) is 14.4 Å². The third-order valence-electron chi connectivity index (χ3n) is 5.60. The zero-order chi connectivity index (χ0) is 24.4. The van der Waals surface area contributed by atoms with Crippen LogP contribution in [0.15, 0.2) is 36.4 Å². The highest BCUT2D eigenvalue weighted by molar-refractivity contribution is 6.04. The summed E-state index contributed by atoms with van der Waals surface area (Å²) in [5.74, 6) is 0.493. The second kappa shape index (κ2) is 9.50. The van der Waals surface area contributed by atoms with E-state index in [0.717, 1.165) is 0 Å². The van der Waals surface area contributed by atoms with Crippen molar-refractivity contribution in [3.8, 4) is 23.0 Å². The van der Waals surface area contributed by atoms with Crippen molar-refractivity contribution in [2.45, 2.75) is 32.1 Å². The maximum atomic E-state index is 13.4. The van der Waals surface area contributed by atoms with E-state index in [1.165, 1.54) is 14.2 Å². The van der Waals surface area contributed by atoms with Gasteiger partial charge in [-0.15, -0.1) is 0 Å². The molecule has 10 heteroatoms. The lowest BCUT2D eigenvalue weighted by Crippen LogP contribution is -2.48. The molecule has 2 aliphatic rings. The molecule has 0 aromatic heterocycles. The van der Waals surface area contributed by atoms with Gasteiger partial charge in [0.2, 0.25) is 18.7 Å². The lowest BCUT2D eigenvalue weighted by molar-refractivity contribution is -0.144. The quantitative estimate of drug-likeness (QED) is 0.634. The van der Waals surface area contributed by atoms with Crippen molar-refractivity contribution in [3.63, 3.8) is 0 Å². The van der Waals surface area contributed by atoms with Crippen molar-refractivity contribution >= 4 is 17.8 Å². The fourth-order valence-electron chi connectivity index (χ4n) is 3.77. The molecule has 2 aromatic carbocycles. The third kappa shape index (κ3) is 4.43. The van der Waals surface area contributed by atoms with Crippen molar-refractivity contribution in [1.29, 1.82) is 0 Å². The molecule has 0 bridgehead atoms. The zero-order valence-corrected chi connectivity index (χ0v) is 19.2. The molecule has 2 aliphatic heterocycles. The Kier molecular flexibility index (Phi) is 6.49. The Hall–Kier alpha value is -3.95. The van der Waals surface area contributed by atoms with E-state index in [4.69, 9.17) is 28.4 Å². The van der Waals surface area contributed by atoms with E-state index < -0.39 is 36.1 Å². The van der Waals surface area contributed by atoms with Crippen LogP contribution in [0.5, 0.6) is 23.0 Å². The first kappa shape index (κ1) is 23.2. The number of carbonyl (C=O) groups is 3. The summed E-state index contributed by atoms with van der Waals surface area (Å²) in [4.78, 5) is 38.2. The molecule has 0 radical (unpaired) electrons. The van der Waals surface area contributed by atoms with Gasteiger partial charge in [0, 0.05) is 11.6 Å². The van der Waals surface area contributed by atoms with Crippen LogP contribution in [-0.2, 0) is 14.3 Å². The van der Waals surface area contributed by atoms with Crippen LogP contribution in [0.2, 0.25) is 0 Å². The Balaban J connectivity index is 1.66. The number of methoxy groups -OCH3 is 2. The molecule has 180 valence electrons. The predicted octanol–water partition coefficient (Wildman–Crippen LogP) is 3.03. The summed E-state index contributed by atoms with van der Waals surface area (Å²) < 4.78 is 32.5. The minimum atomic E-state index is -1.33. The molecule has 2 aromatic rings. The maximum absolute atomic E-state index is 13.4. The molecule has 0 saturated heterocycles. The summed E-state index contributed by atoms with van der Waals surface area (Å²) in [6.07, 6.45) is -3.26. The summed E-state index contributed by atoms with van der Waals surface area (Å²) >= 11 is 0. The van der Waals surface area contributed by atoms with Gasteiger partial charge < -0.3 is 33.7 Å². The topological polar surface area (TPSA) is 119 Å². The second-order valence-corrected chi connectivity index (χ2v) is 8.09. The van der Waals surface area contributed by atoms with Crippen molar-refractivity contribution in [1.82, 2.24) is 5.32 Å². The Morgan fingerprint density at radius 3 is 2.50 bits per heavy atom. The molecule has 1 amide bonds. The standard InChI is InChI=1S/C24H25NO9/c1-12(2)19(23(27)30-4)25-24(28)34-22-20(26)15-7-6-14(29-3)10-17(15)33-21(22)13-5-8-16-18(9-13)32-11-31-16/h5-10,12,19,21-22H,11H2,1-4H3,(H,25,28)/t19-,21-,22+/m0/s1. The Morgan fingerprint density at radius 1 is 1.03 bits per heavy atom. The fraction of sp³-hybridized carbons (Fsp3) is 0.375. The second-order valence-electron chi connectivity index (χ2n) is 8.09. The molecular weight excluding hydrogens is 446 g/mol. The number of Topliss-reactive ketones (excluding diaryl/α,β-unsaturated/α-hetero) is 1. The first-order valence-electron chi connectivity index (χ1n) is 10.7. The van der Waals surface area contributed by atoms with Gasteiger partial charge in [-0.1, -0.05) is 19.9 Å². The average Bonchev–Trinajstić information content (AvgIpc) is 3.31. The minimum absolute atomic E-state index is 0.0791. The number of nitrogens with one attached hydrogen (secondary N) is 1. The van der Waals surface area contributed by atoms with E-state index in [-0.39, 0.29) is 18.3 Å². The van der Waals surface area contributed by atoms with Crippen molar-refractivity contribution < 1.29 is 42.8 Å². The van der Waals surface area contributed by atoms with Crippen molar-refractivity contribution in [3.05, 3.63) is 47.5 Å². The van der Waals surface area contributed by atoms with E-state index in [1.807, 2.05) is 0 Å². The van der Waals surface area contributed by atoms with Crippen molar-refractivity contribution in [2.24, 2.45) is 5.92 Å². The highest BCUT2D eigenvalue weighted by Gasteiger charge is 2.42. The van der Waals surface area contributed by atoms with Gasteiger partial charge in [-0.3, -0.25) is 4.79 Å². The van der Waals surface area contributed by atoms with Crippen LogP contribution in [0.1, 0.15) is 35.9 Å². The van der Waals surface area contributed by atoms with Crippen LogP contribution in [0.25, 0.3) is 0 Å². The van der Waals surface area contributed by atoms with Gasteiger partial charge >= 0.3 is 12.1 Å². The summed E-state index contributed by atoms with van der Waals surface area (Å²) in [7, 11) is 2.73. The van der Waals surface area contributed by atoms with E-state index in [1.54, 1.807) is 50.2 Å². The van der Waals surface area contributed by atoms with Gasteiger partial charge in [0.15, 0.2) is 17.6 Å². The number of alkyl carbamates (subject to hydrolysis) is 1. The molecule has 4 rings (SSSR count). The fourth-order valence-corrected chi connectivity index (χ4v) is 3.77. The van der Waals surface area contributed by atoms with Crippen LogP contribution >= 0.6 is 0 Å². The summed E-state index contributed by atoms with van der Waals surface area (Å²) in [5.41, 5.74) is 0.779. The number of ether oxygens (including phenoxy) is 6. The zero-order valence-electron chi connectivity index (χ0n) is 19.2. The van der Waals surface area contributed by atoms with Crippen LogP contribution in [0, 0.1) is 5.92 Å². The number of carbonyl (C=O) groups excluding carboxylic acids is 3. The van der Waals surface area contributed by atoms with Crippen molar-refractivity contribution in [2.75, 3.05) is 21.0 Å². The van der Waals surface area contributed by atoms with Gasteiger partial charge in [0.1, 0.15) is 17.5 Å². The Bertz CT molecular complexity index is 1110. The van der Waals surface area contributed by atoms with Gasteiger partial charge in [-0.2, -0.15) is 0 Å². The number of esters is 1. The molecule has 2 heterocycles. The van der Waals surface area contributed by atoms with E-state index >= 15 is 0 Å². The summed E-state index contributed by atoms with van der Waals surface area (Å²) in [5, 5.41) is 2.48. The maximum Gasteiger partial charge on any atom is 0.408 e. The molecule has 0 saturated carbocycles. The molecule has 34 heavy (non-hydrogen) atoms. The monoisotopic (exact) mass is 471 g/mol. The number of fused-ring (bicyclic) bond motifs is 2. The van der Waals surface area contributed by atoms with Crippen LogP contribution in [0.3, 0.4) is 0 Å². The SMILES string of the molecule is COC(=O)[C@@H](NC(=O)O[C@@H]1C(=O)c2ccc(OC)cc2O[C@H]1c1ccc2c(c1)OCO2)C(C)C. The Morgan fingerprint density at radius 2 is 1.79 bits per heavy atom. The lowest BCUT2D eigenvalue weighted by atomic mass is 9.93. The lowest BCUT2D eigenvalue weighted by Gasteiger charge is -2.33. The van der Waals surface area contributed by atoms with Crippen LogP contribution < -0.4 is 24.3 Å². The first-order valence-corrected chi connectivity index (χ1v) is 10.7. The highest BCUT2D eigenvalue weighted by atomic mass is 16.7. The average molecular weight is 471 g/mol. The molecule has 1 N–H and O–H groups in total. The molecule has 0 fully saturated rings. The highest BCUT2D eigenvalue weighted by Crippen LogP contribution is 2.41. The van der Waals surface area contributed by atoms with E-state index in [2.05, 4.69) is 5.32 Å². The van der Waals surface area contributed by atoms with Gasteiger partial charge in [-0.05, 0) is 30.2 Å². The largest absolute Gasteiger partial charge is 0.497 e. The number of benzene rings is 2. The number of hydrogen-bond donors (Lipinski definition) is 1. The number of amides is 1. The minimum Gasteiger partial charge on any atom is -0.497 e. The molecule has 0 unspecified atom stereocenters. The predicted molar refractivity (Wildman–Crippen MR) is 117 cm³/mol. The molecule has 0 aliphatic carbocycles. The molecule has 10 nitrogen and oxygen atoms in total. The summed E-state index contributed by atoms with van der Waals surface area (Å²) in [6.45, 7) is 3.57. The van der Waals surface area contributed by atoms with Crippen LogP contribution in [-0.4, -0.2) is 51.0 Å². The third-order valence-corrected chi connectivity index (χ3v) is 5.60. The first-order chi connectivity index (χ1) is 16.3. The number of ketones is 1. The summed E-state index contributed by atoms with van der Waals surface area (Å²) in [6, 6.07) is 8.88. The normalized spacial score (nSPS) is 19.0. The smallest absolute Gasteiger partial charge is 0.408 e. The van der Waals surface area contributed by atoms with Gasteiger partial charge in [-0.25, -0.2) is 9.59 Å². The Labute approximate surface area is 196 Å².